The Morgan fingerprint density at radius 3 is 2.86 bits per heavy atom. The summed E-state index contributed by atoms with van der Waals surface area (Å²) in [6.07, 6.45) is 3.50. The summed E-state index contributed by atoms with van der Waals surface area (Å²) in [5.41, 5.74) is 1.25. The van der Waals surface area contributed by atoms with Crippen molar-refractivity contribution in [1.82, 2.24) is 4.98 Å². The highest BCUT2D eigenvalue weighted by Gasteiger charge is 2.24. The molecule has 116 valence electrons. The molecule has 1 aromatic carbocycles. The largest absolute Gasteiger partial charge is 0.423 e. The first-order valence-electron chi connectivity index (χ1n) is 7.09. The maximum Gasteiger partial charge on any atom is 0.339 e. The van der Waals surface area contributed by atoms with Crippen LogP contribution >= 0.6 is 22.9 Å². The fourth-order valence-corrected chi connectivity index (χ4v) is 3.21. The van der Waals surface area contributed by atoms with Crippen LogP contribution in [0.2, 0.25) is 5.02 Å². The Kier molecular flexibility index (Phi) is 5.75. The lowest BCUT2D eigenvalue weighted by molar-refractivity contribution is -0.130. The van der Waals surface area contributed by atoms with Gasteiger partial charge in [0.15, 0.2) is 0 Å². The number of ether oxygens (including phenoxy) is 1. The second-order valence-corrected chi connectivity index (χ2v) is 6.40. The number of carbonyl (C=O) groups is 1. The van der Waals surface area contributed by atoms with Crippen LogP contribution in [0.1, 0.15) is 36.3 Å². The lowest BCUT2D eigenvalue weighted by Gasteiger charge is -2.16. The Labute approximate surface area is 139 Å². The predicted molar refractivity (Wildman–Crippen MR) is 90.7 cm³/mol. The van der Waals surface area contributed by atoms with Gasteiger partial charge in [-0.05, 0) is 37.1 Å². The molecule has 0 saturated carbocycles. The summed E-state index contributed by atoms with van der Waals surface area (Å²) in [7, 11) is 0. The topological polar surface area (TPSA) is 39.2 Å². The molecule has 3 nitrogen and oxygen atoms in total. The standard InChI is InChI=1S/C17H18ClNO2S/c1-4-5-14(16-19-8-9-22-16)12(3)17(20)21-15-7-6-13(18)10-11(15)2/h6-10,14H,3-5H2,1-2H3. The van der Waals surface area contributed by atoms with E-state index in [2.05, 4.69) is 18.5 Å². The quantitative estimate of drug-likeness (QED) is 0.416. The molecule has 1 atom stereocenters. The molecular formula is C17H18ClNO2S. The lowest BCUT2D eigenvalue weighted by atomic mass is 9.96. The van der Waals surface area contributed by atoms with Crippen LogP contribution in [0.4, 0.5) is 0 Å². The fraction of sp³-hybridized carbons (Fsp3) is 0.294. The van der Waals surface area contributed by atoms with Gasteiger partial charge in [-0.2, -0.15) is 0 Å². The molecule has 0 amide bonds. The van der Waals surface area contributed by atoms with Crippen molar-refractivity contribution >= 4 is 28.9 Å². The molecule has 0 radical (unpaired) electrons. The highest BCUT2D eigenvalue weighted by Crippen LogP contribution is 2.31. The van der Waals surface area contributed by atoms with Gasteiger partial charge in [0.05, 0.1) is 0 Å². The maximum atomic E-state index is 12.4. The molecule has 0 aliphatic rings. The van der Waals surface area contributed by atoms with Gasteiger partial charge in [-0.1, -0.05) is 31.5 Å². The van der Waals surface area contributed by atoms with E-state index >= 15 is 0 Å². The van der Waals surface area contributed by atoms with Gasteiger partial charge in [0.25, 0.3) is 0 Å². The number of esters is 1. The Morgan fingerprint density at radius 1 is 1.50 bits per heavy atom. The van der Waals surface area contributed by atoms with E-state index in [9.17, 15) is 4.79 Å². The van der Waals surface area contributed by atoms with Crippen molar-refractivity contribution in [2.45, 2.75) is 32.6 Å². The molecule has 0 aliphatic carbocycles. The minimum absolute atomic E-state index is 0.0925. The number of nitrogens with zero attached hydrogens (tertiary/aromatic N) is 1. The van der Waals surface area contributed by atoms with Crippen molar-refractivity contribution in [3.05, 3.63) is 57.5 Å². The second-order valence-electron chi connectivity index (χ2n) is 5.04. The van der Waals surface area contributed by atoms with Gasteiger partial charge in [-0.25, -0.2) is 9.78 Å². The van der Waals surface area contributed by atoms with Gasteiger partial charge in [-0.15, -0.1) is 11.3 Å². The smallest absolute Gasteiger partial charge is 0.339 e. The first-order chi connectivity index (χ1) is 10.5. The number of halogens is 1. The number of carbonyl (C=O) groups excluding carboxylic acids is 1. The molecular weight excluding hydrogens is 318 g/mol. The van der Waals surface area contributed by atoms with Crippen LogP contribution < -0.4 is 4.74 Å². The Bertz CT molecular complexity index is 667. The van der Waals surface area contributed by atoms with Crippen molar-refractivity contribution in [2.75, 3.05) is 0 Å². The van der Waals surface area contributed by atoms with Crippen LogP contribution in [0.3, 0.4) is 0 Å². The van der Waals surface area contributed by atoms with Gasteiger partial charge >= 0.3 is 5.97 Å². The third-order valence-corrected chi connectivity index (χ3v) is 4.47. The van der Waals surface area contributed by atoms with Crippen LogP contribution in [0, 0.1) is 6.92 Å². The summed E-state index contributed by atoms with van der Waals surface area (Å²) in [5.74, 6) is -0.00545. The number of thiazole rings is 1. The van der Waals surface area contributed by atoms with Gasteiger partial charge in [0.1, 0.15) is 10.8 Å². The van der Waals surface area contributed by atoms with E-state index < -0.39 is 5.97 Å². The molecule has 0 N–H and O–H groups in total. The lowest BCUT2D eigenvalue weighted by Crippen LogP contribution is -2.17. The molecule has 1 aromatic heterocycles. The molecule has 2 rings (SSSR count). The van der Waals surface area contributed by atoms with Gasteiger partial charge < -0.3 is 4.74 Å². The third kappa shape index (κ3) is 3.96. The van der Waals surface area contributed by atoms with Gasteiger partial charge in [0.2, 0.25) is 0 Å². The van der Waals surface area contributed by atoms with E-state index in [1.54, 1.807) is 24.4 Å². The zero-order valence-corrected chi connectivity index (χ0v) is 14.2. The Hall–Kier alpha value is -1.65. The number of hydrogen-bond donors (Lipinski definition) is 0. The molecule has 0 aliphatic heterocycles. The Balaban J connectivity index is 2.15. The van der Waals surface area contributed by atoms with Crippen molar-refractivity contribution in [3.63, 3.8) is 0 Å². The highest BCUT2D eigenvalue weighted by molar-refractivity contribution is 7.09. The van der Waals surface area contributed by atoms with Crippen LogP contribution in [0.5, 0.6) is 5.75 Å². The summed E-state index contributed by atoms with van der Waals surface area (Å²) < 4.78 is 5.47. The zero-order chi connectivity index (χ0) is 16.1. The van der Waals surface area contributed by atoms with Crippen molar-refractivity contribution in [1.29, 1.82) is 0 Å². The van der Waals surface area contributed by atoms with E-state index in [0.29, 0.717) is 16.3 Å². The average Bonchev–Trinajstić information content (AvgIpc) is 3.01. The van der Waals surface area contributed by atoms with Gasteiger partial charge in [-0.3, -0.25) is 0 Å². The zero-order valence-electron chi connectivity index (χ0n) is 12.6. The molecule has 1 heterocycles. The predicted octanol–water partition coefficient (Wildman–Crippen LogP) is 5.15. The normalized spacial score (nSPS) is 12.0. The van der Waals surface area contributed by atoms with Crippen molar-refractivity contribution < 1.29 is 9.53 Å². The van der Waals surface area contributed by atoms with E-state index in [4.69, 9.17) is 16.3 Å². The van der Waals surface area contributed by atoms with Crippen LogP contribution in [0.15, 0.2) is 41.9 Å². The van der Waals surface area contributed by atoms with Gasteiger partial charge in [0, 0.05) is 28.1 Å². The van der Waals surface area contributed by atoms with Crippen LogP contribution in [-0.2, 0) is 4.79 Å². The highest BCUT2D eigenvalue weighted by atomic mass is 35.5. The molecule has 0 saturated heterocycles. The van der Waals surface area contributed by atoms with E-state index in [-0.39, 0.29) is 5.92 Å². The van der Waals surface area contributed by atoms with Crippen molar-refractivity contribution in [3.8, 4) is 5.75 Å². The molecule has 22 heavy (non-hydrogen) atoms. The molecule has 0 spiro atoms. The van der Waals surface area contributed by atoms with E-state index in [0.717, 1.165) is 23.4 Å². The summed E-state index contributed by atoms with van der Waals surface area (Å²) in [4.78, 5) is 16.7. The van der Waals surface area contributed by atoms with E-state index in [1.165, 1.54) is 11.3 Å². The SMILES string of the molecule is C=C(C(=O)Oc1ccc(Cl)cc1C)C(CCC)c1nccs1. The number of rotatable bonds is 6. The van der Waals surface area contributed by atoms with Crippen LogP contribution in [0.25, 0.3) is 0 Å². The first kappa shape index (κ1) is 16.7. The summed E-state index contributed by atoms with van der Waals surface area (Å²) in [6.45, 7) is 7.86. The minimum atomic E-state index is -0.418. The number of aromatic nitrogens is 1. The average molecular weight is 336 g/mol. The number of hydrogen-bond acceptors (Lipinski definition) is 4. The van der Waals surface area contributed by atoms with Crippen molar-refractivity contribution in [2.24, 2.45) is 0 Å². The number of benzene rings is 1. The first-order valence-corrected chi connectivity index (χ1v) is 8.35. The molecule has 0 fully saturated rings. The second kappa shape index (κ2) is 7.56. The minimum Gasteiger partial charge on any atom is -0.423 e. The fourth-order valence-electron chi connectivity index (χ4n) is 2.18. The monoisotopic (exact) mass is 335 g/mol. The summed E-state index contributed by atoms with van der Waals surface area (Å²) >= 11 is 7.44. The summed E-state index contributed by atoms with van der Waals surface area (Å²) in [5, 5.41) is 3.42. The van der Waals surface area contributed by atoms with Crippen LogP contribution in [-0.4, -0.2) is 11.0 Å². The number of aryl methyl sites for hydroxylation is 1. The maximum absolute atomic E-state index is 12.4. The molecule has 5 heteroatoms. The van der Waals surface area contributed by atoms with E-state index in [1.807, 2.05) is 12.3 Å². The molecule has 1 unspecified atom stereocenters. The molecule has 2 aromatic rings. The third-order valence-electron chi connectivity index (χ3n) is 3.35. The Morgan fingerprint density at radius 2 is 2.27 bits per heavy atom. The summed E-state index contributed by atoms with van der Waals surface area (Å²) in [6, 6.07) is 5.16. The molecule has 0 bridgehead atoms.